The van der Waals surface area contributed by atoms with Crippen LogP contribution in [-0.2, 0) is 0 Å². The molecule has 3 aromatic rings. The molecule has 9 heteroatoms. The molecule has 0 unspecified atom stereocenters. The molecule has 0 spiro atoms. The molecule has 3 rings (SSSR count). The van der Waals surface area contributed by atoms with E-state index >= 15 is 0 Å². The second-order valence-electron chi connectivity index (χ2n) is 4.43. The van der Waals surface area contributed by atoms with Crippen molar-refractivity contribution >= 4 is 17.4 Å². The third-order valence-corrected chi connectivity index (χ3v) is 3.22. The fraction of sp³-hybridized carbons (Fsp3) is 0. The Kier molecular flexibility index (Phi) is 3.83. The van der Waals surface area contributed by atoms with Gasteiger partial charge in [-0.3, -0.25) is 4.98 Å². The SMILES string of the molecule is Nc1nc(-c2cnccn2)nc(Cl)c1-c1c(F)cc(F)cc1F. The first-order chi connectivity index (χ1) is 11.0. The summed E-state index contributed by atoms with van der Waals surface area (Å²) in [6.45, 7) is 0. The van der Waals surface area contributed by atoms with Crippen molar-refractivity contribution in [1.29, 1.82) is 0 Å². The number of hydrogen-bond donors (Lipinski definition) is 1. The minimum atomic E-state index is -1.16. The van der Waals surface area contributed by atoms with Crippen molar-refractivity contribution in [3.05, 3.63) is 53.3 Å². The van der Waals surface area contributed by atoms with E-state index in [0.29, 0.717) is 12.1 Å². The Morgan fingerprint density at radius 3 is 2.22 bits per heavy atom. The van der Waals surface area contributed by atoms with E-state index < -0.39 is 23.0 Å². The maximum absolute atomic E-state index is 13.9. The minimum absolute atomic E-state index is 0.0484. The molecule has 0 radical (unpaired) electrons. The molecule has 0 atom stereocenters. The second-order valence-corrected chi connectivity index (χ2v) is 4.79. The van der Waals surface area contributed by atoms with E-state index in [1.165, 1.54) is 18.6 Å². The van der Waals surface area contributed by atoms with E-state index in [-0.39, 0.29) is 28.1 Å². The van der Waals surface area contributed by atoms with Gasteiger partial charge in [0.05, 0.1) is 17.3 Å². The topological polar surface area (TPSA) is 77.6 Å². The zero-order chi connectivity index (χ0) is 16.6. The van der Waals surface area contributed by atoms with Gasteiger partial charge in [-0.15, -0.1) is 0 Å². The van der Waals surface area contributed by atoms with Gasteiger partial charge in [-0.2, -0.15) is 0 Å². The van der Waals surface area contributed by atoms with E-state index in [9.17, 15) is 13.2 Å². The lowest BCUT2D eigenvalue weighted by atomic mass is 10.1. The van der Waals surface area contributed by atoms with Crippen LogP contribution in [-0.4, -0.2) is 19.9 Å². The predicted molar refractivity (Wildman–Crippen MR) is 77.8 cm³/mol. The van der Waals surface area contributed by atoms with Gasteiger partial charge in [-0.25, -0.2) is 28.1 Å². The summed E-state index contributed by atoms with van der Waals surface area (Å²) in [7, 11) is 0. The van der Waals surface area contributed by atoms with Crippen molar-refractivity contribution in [3.63, 3.8) is 0 Å². The average Bonchev–Trinajstić information content (AvgIpc) is 2.49. The first kappa shape index (κ1) is 15.2. The molecular formula is C14H7ClF3N5. The van der Waals surface area contributed by atoms with Crippen LogP contribution in [0, 0.1) is 17.5 Å². The standard InChI is InChI=1S/C14H7ClF3N5/c15-12-11(10-7(17)3-6(16)4-8(10)18)13(19)23-14(22-12)9-5-20-1-2-21-9/h1-5H,(H2,19,22,23). The quantitative estimate of drug-likeness (QED) is 0.726. The highest BCUT2D eigenvalue weighted by molar-refractivity contribution is 6.32. The smallest absolute Gasteiger partial charge is 0.183 e. The van der Waals surface area contributed by atoms with Gasteiger partial charge in [0, 0.05) is 24.5 Å². The van der Waals surface area contributed by atoms with Crippen LogP contribution in [0.2, 0.25) is 5.15 Å². The number of nitrogens with zero attached hydrogens (tertiary/aromatic N) is 4. The molecule has 2 heterocycles. The molecule has 0 amide bonds. The van der Waals surface area contributed by atoms with E-state index in [2.05, 4.69) is 19.9 Å². The maximum atomic E-state index is 13.9. The number of anilines is 1. The van der Waals surface area contributed by atoms with Crippen LogP contribution in [0.4, 0.5) is 19.0 Å². The van der Waals surface area contributed by atoms with Crippen molar-refractivity contribution in [2.45, 2.75) is 0 Å². The lowest BCUT2D eigenvalue weighted by Crippen LogP contribution is -2.04. The van der Waals surface area contributed by atoms with Crippen LogP contribution in [0.3, 0.4) is 0 Å². The Hall–Kier alpha value is -2.74. The minimum Gasteiger partial charge on any atom is -0.383 e. The average molecular weight is 338 g/mol. The molecule has 0 aliphatic heterocycles. The molecule has 0 saturated carbocycles. The zero-order valence-corrected chi connectivity index (χ0v) is 12.0. The fourth-order valence-corrected chi connectivity index (χ4v) is 2.26. The Morgan fingerprint density at radius 1 is 0.957 bits per heavy atom. The fourth-order valence-electron chi connectivity index (χ4n) is 1.99. The Bertz CT molecular complexity index is 843. The normalized spacial score (nSPS) is 10.8. The van der Waals surface area contributed by atoms with E-state index in [1.807, 2.05) is 0 Å². The van der Waals surface area contributed by atoms with Gasteiger partial charge in [0.2, 0.25) is 0 Å². The molecule has 0 saturated heterocycles. The van der Waals surface area contributed by atoms with Crippen molar-refractivity contribution in [3.8, 4) is 22.6 Å². The lowest BCUT2D eigenvalue weighted by molar-refractivity contribution is 0.548. The van der Waals surface area contributed by atoms with Crippen LogP contribution >= 0.6 is 11.6 Å². The van der Waals surface area contributed by atoms with Gasteiger partial charge in [-0.05, 0) is 0 Å². The summed E-state index contributed by atoms with van der Waals surface area (Å²) in [5.74, 6) is -3.60. The predicted octanol–water partition coefficient (Wildman–Crippen LogP) is 3.25. The summed E-state index contributed by atoms with van der Waals surface area (Å²) in [5, 5.41) is -0.289. The van der Waals surface area contributed by atoms with Crippen molar-refractivity contribution in [2.75, 3.05) is 5.73 Å². The van der Waals surface area contributed by atoms with Gasteiger partial charge < -0.3 is 5.73 Å². The third-order valence-electron chi connectivity index (χ3n) is 2.94. The summed E-state index contributed by atoms with van der Waals surface area (Å²) in [4.78, 5) is 15.7. The molecule has 1 aromatic carbocycles. The molecule has 0 fully saturated rings. The summed E-state index contributed by atoms with van der Waals surface area (Å²) < 4.78 is 40.8. The Balaban J connectivity index is 2.20. The van der Waals surface area contributed by atoms with E-state index in [4.69, 9.17) is 17.3 Å². The van der Waals surface area contributed by atoms with Gasteiger partial charge in [0.1, 0.15) is 34.1 Å². The number of halogens is 4. The number of nitrogen functional groups attached to an aromatic ring is 1. The zero-order valence-electron chi connectivity index (χ0n) is 11.3. The molecular weight excluding hydrogens is 331 g/mol. The number of nitrogens with two attached hydrogens (primary N) is 1. The summed E-state index contributed by atoms with van der Waals surface area (Å²) in [6.07, 6.45) is 4.24. The molecule has 2 aromatic heterocycles. The third kappa shape index (κ3) is 2.80. The van der Waals surface area contributed by atoms with Gasteiger partial charge >= 0.3 is 0 Å². The molecule has 0 aliphatic rings. The Morgan fingerprint density at radius 2 is 1.65 bits per heavy atom. The maximum Gasteiger partial charge on any atom is 0.183 e. The molecule has 5 nitrogen and oxygen atoms in total. The van der Waals surface area contributed by atoms with Gasteiger partial charge in [0.25, 0.3) is 0 Å². The first-order valence-corrected chi connectivity index (χ1v) is 6.59. The number of rotatable bonds is 2. The van der Waals surface area contributed by atoms with Crippen LogP contribution in [0.5, 0.6) is 0 Å². The molecule has 116 valence electrons. The van der Waals surface area contributed by atoms with Crippen LogP contribution in [0.15, 0.2) is 30.7 Å². The number of hydrogen-bond acceptors (Lipinski definition) is 5. The monoisotopic (exact) mass is 337 g/mol. The summed E-state index contributed by atoms with van der Waals surface area (Å²) in [5.41, 5.74) is 5.19. The number of benzene rings is 1. The summed E-state index contributed by atoms with van der Waals surface area (Å²) in [6, 6.07) is 1.04. The summed E-state index contributed by atoms with van der Waals surface area (Å²) >= 11 is 6.00. The molecule has 23 heavy (non-hydrogen) atoms. The van der Waals surface area contributed by atoms with Gasteiger partial charge in [-0.1, -0.05) is 11.6 Å². The van der Waals surface area contributed by atoms with Crippen LogP contribution < -0.4 is 5.73 Å². The van der Waals surface area contributed by atoms with Crippen molar-refractivity contribution in [2.24, 2.45) is 0 Å². The van der Waals surface area contributed by atoms with E-state index in [0.717, 1.165) is 0 Å². The van der Waals surface area contributed by atoms with Crippen LogP contribution in [0.1, 0.15) is 0 Å². The second kappa shape index (κ2) is 5.81. The molecule has 0 aliphatic carbocycles. The van der Waals surface area contributed by atoms with Crippen molar-refractivity contribution in [1.82, 2.24) is 19.9 Å². The lowest BCUT2D eigenvalue weighted by Gasteiger charge is -2.11. The Labute approximate surface area is 133 Å². The highest BCUT2D eigenvalue weighted by atomic mass is 35.5. The number of aromatic nitrogens is 4. The largest absolute Gasteiger partial charge is 0.383 e. The molecule has 0 bridgehead atoms. The highest BCUT2D eigenvalue weighted by Crippen LogP contribution is 2.36. The van der Waals surface area contributed by atoms with Crippen LogP contribution in [0.25, 0.3) is 22.6 Å². The van der Waals surface area contributed by atoms with Gasteiger partial charge in [0.15, 0.2) is 5.82 Å². The molecule has 2 N–H and O–H groups in total. The van der Waals surface area contributed by atoms with Crippen molar-refractivity contribution < 1.29 is 13.2 Å². The highest BCUT2D eigenvalue weighted by Gasteiger charge is 2.22. The van der Waals surface area contributed by atoms with E-state index in [1.54, 1.807) is 0 Å². The first-order valence-electron chi connectivity index (χ1n) is 6.21.